The minimum absolute atomic E-state index is 0.0358. The minimum Gasteiger partial charge on any atom is -0.453 e. The predicted octanol–water partition coefficient (Wildman–Crippen LogP) is 3.64. The van der Waals surface area contributed by atoms with Gasteiger partial charge >= 0.3 is 0 Å². The summed E-state index contributed by atoms with van der Waals surface area (Å²) in [6, 6.07) is 5.33. The van der Waals surface area contributed by atoms with Gasteiger partial charge in [-0.2, -0.15) is 0 Å². The van der Waals surface area contributed by atoms with E-state index < -0.39 is 11.6 Å². The first-order valence-electron chi connectivity index (χ1n) is 4.32. The van der Waals surface area contributed by atoms with E-state index in [1.54, 1.807) is 0 Å². The van der Waals surface area contributed by atoms with Crippen molar-refractivity contribution in [1.29, 1.82) is 0 Å². The Hall–Kier alpha value is -1.24. The van der Waals surface area contributed by atoms with E-state index in [1.165, 1.54) is 18.2 Å². The third-order valence-corrected chi connectivity index (χ3v) is 2.93. The highest BCUT2D eigenvalue weighted by Gasteiger charge is 2.16. The molecule has 0 amide bonds. The van der Waals surface area contributed by atoms with Crippen molar-refractivity contribution in [2.24, 2.45) is 0 Å². The summed E-state index contributed by atoms with van der Waals surface area (Å²) in [4.78, 5) is 10.4. The molecule has 0 radical (unpaired) electrons. The molecule has 0 atom stereocenters. The van der Waals surface area contributed by atoms with Crippen molar-refractivity contribution in [3.63, 3.8) is 0 Å². The molecule has 0 aliphatic heterocycles. The Morgan fingerprint density at radius 2 is 1.94 bits per heavy atom. The van der Waals surface area contributed by atoms with E-state index in [4.69, 9.17) is 4.42 Å². The quantitative estimate of drug-likeness (QED) is 0.477. The van der Waals surface area contributed by atoms with Gasteiger partial charge in [-0.15, -0.1) is 0 Å². The molecular weight excluding hydrogens is 329 g/mol. The number of halogens is 3. The highest BCUT2D eigenvalue weighted by molar-refractivity contribution is 14.1. The summed E-state index contributed by atoms with van der Waals surface area (Å²) in [5, 5.41) is 0. The maximum Gasteiger partial charge on any atom is 0.185 e. The van der Waals surface area contributed by atoms with Gasteiger partial charge in [0.25, 0.3) is 0 Å². The van der Waals surface area contributed by atoms with Gasteiger partial charge in [-0.25, -0.2) is 8.78 Å². The van der Waals surface area contributed by atoms with Crippen LogP contribution in [-0.4, -0.2) is 6.29 Å². The molecule has 16 heavy (non-hydrogen) atoms. The Bertz CT molecular complexity index is 549. The molecule has 0 aliphatic rings. The molecule has 0 aliphatic carbocycles. The average molecular weight is 334 g/mol. The topological polar surface area (TPSA) is 30.2 Å². The Kier molecular flexibility index (Phi) is 3.04. The Morgan fingerprint density at radius 1 is 1.19 bits per heavy atom. The summed E-state index contributed by atoms with van der Waals surface area (Å²) in [7, 11) is 0. The van der Waals surface area contributed by atoms with Crippen molar-refractivity contribution < 1.29 is 18.0 Å². The lowest BCUT2D eigenvalue weighted by atomic mass is 10.1. The molecule has 0 unspecified atom stereocenters. The number of benzene rings is 1. The van der Waals surface area contributed by atoms with Gasteiger partial charge in [-0.05, 0) is 46.9 Å². The van der Waals surface area contributed by atoms with Crippen LogP contribution in [0.25, 0.3) is 11.3 Å². The van der Waals surface area contributed by atoms with Gasteiger partial charge in [0, 0.05) is 3.57 Å². The van der Waals surface area contributed by atoms with Crippen LogP contribution in [0.5, 0.6) is 0 Å². The first-order valence-corrected chi connectivity index (χ1v) is 5.40. The molecule has 0 bridgehead atoms. The number of hydrogen-bond donors (Lipinski definition) is 0. The van der Waals surface area contributed by atoms with Crippen LogP contribution in [0.1, 0.15) is 10.6 Å². The van der Waals surface area contributed by atoms with Gasteiger partial charge in [-0.1, -0.05) is 0 Å². The number of aldehydes is 1. The van der Waals surface area contributed by atoms with Crippen LogP contribution < -0.4 is 0 Å². The summed E-state index contributed by atoms with van der Waals surface area (Å²) < 4.78 is 32.2. The molecule has 0 saturated carbocycles. The number of rotatable bonds is 2. The number of carbonyl (C=O) groups is 1. The lowest BCUT2D eigenvalue weighted by Gasteiger charge is -2.03. The van der Waals surface area contributed by atoms with Crippen LogP contribution >= 0.6 is 22.6 Å². The van der Waals surface area contributed by atoms with E-state index in [-0.39, 0.29) is 17.1 Å². The van der Waals surface area contributed by atoms with Crippen LogP contribution in [0.2, 0.25) is 0 Å². The number of carbonyl (C=O) groups excluding carboxylic acids is 1. The van der Waals surface area contributed by atoms with E-state index in [2.05, 4.69) is 0 Å². The Morgan fingerprint density at radius 3 is 2.56 bits per heavy atom. The molecule has 2 aromatic rings. The number of hydrogen-bond acceptors (Lipinski definition) is 2. The average Bonchev–Trinajstić information content (AvgIpc) is 2.73. The van der Waals surface area contributed by atoms with E-state index in [0.29, 0.717) is 9.86 Å². The zero-order valence-electron chi connectivity index (χ0n) is 7.84. The molecule has 0 saturated heterocycles. The fraction of sp³-hybridized carbons (Fsp3) is 0. The van der Waals surface area contributed by atoms with Crippen LogP contribution in [0.4, 0.5) is 8.78 Å². The molecule has 0 spiro atoms. The largest absolute Gasteiger partial charge is 0.453 e. The standard InChI is InChI=1S/C11H5F2IO2/c12-7-2-3-8(14)10(11(7)13)9-4-1-6(5-15)16-9/h1-5H. The third kappa shape index (κ3) is 1.87. The van der Waals surface area contributed by atoms with Crippen LogP contribution in [0, 0.1) is 15.2 Å². The Balaban J connectivity index is 2.63. The van der Waals surface area contributed by atoms with E-state index in [1.807, 2.05) is 22.6 Å². The van der Waals surface area contributed by atoms with Gasteiger partial charge in [0.2, 0.25) is 0 Å². The van der Waals surface area contributed by atoms with Crippen molar-refractivity contribution in [3.8, 4) is 11.3 Å². The highest BCUT2D eigenvalue weighted by Crippen LogP contribution is 2.30. The maximum atomic E-state index is 13.5. The van der Waals surface area contributed by atoms with Gasteiger partial charge in [0.15, 0.2) is 23.7 Å². The van der Waals surface area contributed by atoms with Crippen molar-refractivity contribution in [2.45, 2.75) is 0 Å². The fourth-order valence-corrected chi connectivity index (χ4v) is 1.99. The number of furan rings is 1. The van der Waals surface area contributed by atoms with E-state index >= 15 is 0 Å². The van der Waals surface area contributed by atoms with Gasteiger partial charge < -0.3 is 4.42 Å². The molecule has 1 heterocycles. The molecule has 1 aromatic carbocycles. The van der Waals surface area contributed by atoms with E-state index in [9.17, 15) is 13.6 Å². The van der Waals surface area contributed by atoms with Crippen molar-refractivity contribution >= 4 is 28.9 Å². The molecule has 2 rings (SSSR count). The first-order chi connectivity index (χ1) is 7.63. The van der Waals surface area contributed by atoms with Crippen LogP contribution in [-0.2, 0) is 0 Å². The molecule has 0 fully saturated rings. The zero-order chi connectivity index (χ0) is 11.7. The SMILES string of the molecule is O=Cc1ccc(-c2c(I)ccc(F)c2F)o1. The lowest BCUT2D eigenvalue weighted by molar-refractivity contribution is 0.110. The van der Waals surface area contributed by atoms with Crippen molar-refractivity contribution in [1.82, 2.24) is 0 Å². The molecular formula is C11H5F2IO2. The summed E-state index contributed by atoms with van der Waals surface area (Å²) >= 11 is 1.87. The smallest absolute Gasteiger partial charge is 0.185 e. The third-order valence-electron chi connectivity index (χ3n) is 2.03. The summed E-state index contributed by atoms with van der Waals surface area (Å²) in [6.45, 7) is 0. The lowest BCUT2D eigenvalue weighted by Crippen LogP contribution is -1.91. The molecule has 5 heteroatoms. The summed E-state index contributed by atoms with van der Waals surface area (Å²) in [6.07, 6.45) is 0.508. The van der Waals surface area contributed by atoms with Crippen LogP contribution in [0.15, 0.2) is 28.7 Å². The highest BCUT2D eigenvalue weighted by atomic mass is 127. The van der Waals surface area contributed by atoms with Crippen LogP contribution in [0.3, 0.4) is 0 Å². The minimum atomic E-state index is -0.973. The second-order valence-corrected chi connectivity index (χ2v) is 4.20. The van der Waals surface area contributed by atoms with Gasteiger partial charge in [0.05, 0.1) is 5.56 Å². The summed E-state index contributed by atoms with van der Waals surface area (Å²) in [5.74, 6) is -1.70. The zero-order valence-corrected chi connectivity index (χ0v) is 9.99. The second-order valence-electron chi connectivity index (χ2n) is 3.04. The molecule has 1 aromatic heterocycles. The van der Waals surface area contributed by atoms with Crippen molar-refractivity contribution in [2.75, 3.05) is 0 Å². The van der Waals surface area contributed by atoms with Crippen molar-refractivity contribution in [3.05, 3.63) is 45.2 Å². The Labute approximate surface area is 103 Å². The molecule has 82 valence electrons. The maximum absolute atomic E-state index is 13.5. The van der Waals surface area contributed by atoms with Gasteiger partial charge in [-0.3, -0.25) is 4.79 Å². The predicted molar refractivity (Wildman–Crippen MR) is 62.2 cm³/mol. The second kappa shape index (κ2) is 4.32. The first kappa shape index (κ1) is 11.3. The van der Waals surface area contributed by atoms with Gasteiger partial charge in [0.1, 0.15) is 5.76 Å². The monoisotopic (exact) mass is 334 g/mol. The summed E-state index contributed by atoms with van der Waals surface area (Å²) in [5.41, 5.74) is 0.0358. The van der Waals surface area contributed by atoms with E-state index in [0.717, 1.165) is 6.07 Å². The normalized spacial score (nSPS) is 10.4. The molecule has 0 N–H and O–H groups in total. The molecule has 2 nitrogen and oxygen atoms in total. The fourth-order valence-electron chi connectivity index (χ4n) is 1.30.